The van der Waals surface area contributed by atoms with Crippen LogP contribution in [-0.2, 0) is 20.9 Å². The van der Waals surface area contributed by atoms with Crippen molar-refractivity contribution < 1.29 is 14.3 Å². The van der Waals surface area contributed by atoms with Crippen LogP contribution in [0, 0.1) is 6.92 Å². The molecule has 1 heterocycles. The third-order valence-corrected chi connectivity index (χ3v) is 4.85. The maximum atomic E-state index is 12.1. The monoisotopic (exact) mass is 327 g/mol. The van der Waals surface area contributed by atoms with Gasteiger partial charge in [-0.15, -0.1) is 11.8 Å². The molecule has 0 aliphatic carbocycles. The minimum atomic E-state index is -0.449. The number of para-hydroxylation sites is 1. The van der Waals surface area contributed by atoms with Gasteiger partial charge in [0, 0.05) is 4.90 Å². The van der Waals surface area contributed by atoms with Gasteiger partial charge in [-0.3, -0.25) is 9.59 Å². The van der Waals surface area contributed by atoms with Crippen LogP contribution in [0.2, 0.25) is 0 Å². The second-order valence-corrected chi connectivity index (χ2v) is 6.69. The minimum absolute atomic E-state index is 0.0662. The fraction of sp³-hybridized carbons (Fsp3) is 0.222. The molecule has 3 rings (SSSR count). The average molecular weight is 327 g/mol. The number of carbonyl (C=O) groups is 2. The summed E-state index contributed by atoms with van der Waals surface area (Å²) in [5.74, 6) is -0.515. The van der Waals surface area contributed by atoms with Gasteiger partial charge in [0.25, 0.3) is 0 Å². The molecule has 1 unspecified atom stereocenters. The van der Waals surface area contributed by atoms with E-state index in [-0.39, 0.29) is 24.9 Å². The number of hydrogen-bond donors (Lipinski definition) is 1. The third kappa shape index (κ3) is 3.93. The van der Waals surface area contributed by atoms with E-state index in [0.717, 1.165) is 21.7 Å². The molecule has 0 saturated heterocycles. The number of amides is 1. The first-order valence-electron chi connectivity index (χ1n) is 7.39. The first kappa shape index (κ1) is 15.6. The fourth-order valence-corrected chi connectivity index (χ4v) is 3.38. The lowest BCUT2D eigenvalue weighted by Gasteiger charge is -2.23. The van der Waals surface area contributed by atoms with E-state index >= 15 is 0 Å². The van der Waals surface area contributed by atoms with Gasteiger partial charge in [0.2, 0.25) is 5.91 Å². The molecule has 23 heavy (non-hydrogen) atoms. The number of aryl methyl sites for hydroxylation is 1. The Morgan fingerprint density at radius 3 is 2.70 bits per heavy atom. The summed E-state index contributed by atoms with van der Waals surface area (Å²) < 4.78 is 5.27. The normalized spacial score (nSPS) is 16.4. The SMILES string of the molecule is Cc1ccc(COC(=O)CC2Sc3ccccc3NC2=O)cc1. The first-order chi connectivity index (χ1) is 11.1. The second kappa shape index (κ2) is 6.87. The third-order valence-electron chi connectivity index (χ3n) is 3.58. The molecule has 4 nitrogen and oxygen atoms in total. The summed E-state index contributed by atoms with van der Waals surface area (Å²) in [6, 6.07) is 15.4. The number of esters is 1. The van der Waals surface area contributed by atoms with E-state index in [2.05, 4.69) is 5.32 Å². The van der Waals surface area contributed by atoms with Crippen molar-refractivity contribution in [1.82, 2.24) is 0 Å². The highest BCUT2D eigenvalue weighted by Crippen LogP contribution is 2.36. The van der Waals surface area contributed by atoms with Crippen LogP contribution in [0.5, 0.6) is 0 Å². The van der Waals surface area contributed by atoms with E-state index in [1.54, 1.807) is 0 Å². The Hall–Kier alpha value is -2.27. The largest absolute Gasteiger partial charge is 0.461 e. The Morgan fingerprint density at radius 2 is 1.91 bits per heavy atom. The zero-order valence-corrected chi connectivity index (χ0v) is 13.6. The number of carbonyl (C=O) groups excluding carboxylic acids is 2. The van der Waals surface area contributed by atoms with Crippen molar-refractivity contribution in [3.8, 4) is 0 Å². The molecule has 1 amide bonds. The molecule has 0 saturated carbocycles. The van der Waals surface area contributed by atoms with E-state index in [4.69, 9.17) is 4.74 Å². The standard InChI is InChI=1S/C18H17NO3S/c1-12-6-8-13(9-7-12)11-22-17(20)10-16-18(21)19-14-4-2-3-5-15(14)23-16/h2-9,16H,10-11H2,1H3,(H,19,21). The van der Waals surface area contributed by atoms with Gasteiger partial charge in [0.1, 0.15) is 6.61 Å². The summed E-state index contributed by atoms with van der Waals surface area (Å²) in [7, 11) is 0. The molecule has 1 atom stereocenters. The average Bonchev–Trinajstić information content (AvgIpc) is 2.55. The van der Waals surface area contributed by atoms with Crippen LogP contribution in [0.3, 0.4) is 0 Å². The molecule has 118 valence electrons. The van der Waals surface area contributed by atoms with E-state index in [1.165, 1.54) is 11.8 Å². The molecular weight excluding hydrogens is 310 g/mol. The van der Waals surface area contributed by atoms with Crippen LogP contribution in [-0.4, -0.2) is 17.1 Å². The zero-order chi connectivity index (χ0) is 16.2. The first-order valence-corrected chi connectivity index (χ1v) is 8.27. The van der Waals surface area contributed by atoms with Crippen molar-refractivity contribution in [3.05, 3.63) is 59.7 Å². The Morgan fingerprint density at radius 1 is 1.17 bits per heavy atom. The molecule has 0 aromatic heterocycles. The van der Waals surface area contributed by atoms with E-state index in [1.807, 2.05) is 55.5 Å². The Kier molecular flexibility index (Phi) is 4.67. The zero-order valence-electron chi connectivity index (χ0n) is 12.7. The van der Waals surface area contributed by atoms with Crippen LogP contribution in [0.25, 0.3) is 0 Å². The summed E-state index contributed by atoms with van der Waals surface area (Å²) in [6.45, 7) is 2.24. The number of nitrogens with one attached hydrogen (secondary N) is 1. The molecule has 1 N–H and O–H groups in total. The lowest BCUT2D eigenvalue weighted by molar-refractivity contribution is -0.145. The van der Waals surface area contributed by atoms with Crippen LogP contribution >= 0.6 is 11.8 Å². The number of thioether (sulfide) groups is 1. The molecular formula is C18H17NO3S. The number of fused-ring (bicyclic) bond motifs is 1. The van der Waals surface area contributed by atoms with Crippen LogP contribution in [0.4, 0.5) is 5.69 Å². The van der Waals surface area contributed by atoms with Crippen molar-refractivity contribution in [2.75, 3.05) is 5.32 Å². The van der Waals surface area contributed by atoms with Gasteiger partial charge in [-0.05, 0) is 24.6 Å². The highest BCUT2D eigenvalue weighted by Gasteiger charge is 2.29. The molecule has 1 aliphatic heterocycles. The highest BCUT2D eigenvalue weighted by atomic mass is 32.2. The molecule has 2 aromatic carbocycles. The maximum absolute atomic E-state index is 12.1. The number of ether oxygens (including phenoxy) is 1. The summed E-state index contributed by atoms with van der Waals surface area (Å²) in [5.41, 5.74) is 2.90. The summed E-state index contributed by atoms with van der Waals surface area (Å²) in [4.78, 5) is 25.0. The number of rotatable bonds is 4. The van der Waals surface area contributed by atoms with E-state index in [0.29, 0.717) is 0 Å². The topological polar surface area (TPSA) is 55.4 Å². The van der Waals surface area contributed by atoms with Crippen molar-refractivity contribution in [1.29, 1.82) is 0 Å². The van der Waals surface area contributed by atoms with E-state index < -0.39 is 5.25 Å². The van der Waals surface area contributed by atoms with Gasteiger partial charge >= 0.3 is 5.97 Å². The van der Waals surface area contributed by atoms with Gasteiger partial charge < -0.3 is 10.1 Å². The number of anilines is 1. The van der Waals surface area contributed by atoms with Crippen molar-refractivity contribution in [2.45, 2.75) is 30.1 Å². The molecule has 1 aliphatic rings. The molecule has 0 fully saturated rings. The second-order valence-electron chi connectivity index (χ2n) is 5.44. The molecule has 0 spiro atoms. The van der Waals surface area contributed by atoms with Crippen molar-refractivity contribution >= 4 is 29.3 Å². The van der Waals surface area contributed by atoms with Gasteiger partial charge in [-0.1, -0.05) is 42.0 Å². The molecule has 5 heteroatoms. The van der Waals surface area contributed by atoms with Crippen molar-refractivity contribution in [2.24, 2.45) is 0 Å². The summed E-state index contributed by atoms with van der Waals surface area (Å²) in [5, 5.41) is 2.38. The lowest BCUT2D eigenvalue weighted by Crippen LogP contribution is -2.31. The maximum Gasteiger partial charge on any atom is 0.307 e. The Balaban J connectivity index is 1.56. The molecule has 0 radical (unpaired) electrons. The quantitative estimate of drug-likeness (QED) is 0.873. The van der Waals surface area contributed by atoms with Crippen LogP contribution < -0.4 is 5.32 Å². The van der Waals surface area contributed by atoms with Gasteiger partial charge in [-0.2, -0.15) is 0 Å². The van der Waals surface area contributed by atoms with E-state index in [9.17, 15) is 9.59 Å². The molecule has 2 aromatic rings. The van der Waals surface area contributed by atoms with Gasteiger partial charge in [0.05, 0.1) is 17.4 Å². The lowest BCUT2D eigenvalue weighted by atomic mass is 10.2. The highest BCUT2D eigenvalue weighted by molar-refractivity contribution is 8.01. The smallest absolute Gasteiger partial charge is 0.307 e. The minimum Gasteiger partial charge on any atom is -0.461 e. The predicted octanol–water partition coefficient (Wildman–Crippen LogP) is 3.54. The van der Waals surface area contributed by atoms with Gasteiger partial charge in [0.15, 0.2) is 0 Å². The Labute approximate surface area is 139 Å². The fourth-order valence-electron chi connectivity index (χ4n) is 2.29. The summed E-state index contributed by atoms with van der Waals surface area (Å²) >= 11 is 1.40. The summed E-state index contributed by atoms with van der Waals surface area (Å²) in [6.07, 6.45) is 0.0662. The van der Waals surface area contributed by atoms with Crippen LogP contribution in [0.1, 0.15) is 17.5 Å². The number of hydrogen-bond acceptors (Lipinski definition) is 4. The van der Waals surface area contributed by atoms with Crippen molar-refractivity contribution in [3.63, 3.8) is 0 Å². The predicted molar refractivity (Wildman–Crippen MR) is 90.3 cm³/mol. The Bertz CT molecular complexity index is 727. The van der Waals surface area contributed by atoms with Gasteiger partial charge in [-0.25, -0.2) is 0 Å². The van der Waals surface area contributed by atoms with Crippen LogP contribution in [0.15, 0.2) is 53.4 Å². The number of benzene rings is 2. The molecule has 0 bridgehead atoms.